The van der Waals surface area contributed by atoms with Crippen LogP contribution >= 0.6 is 23.4 Å². The maximum atomic E-state index is 13.3. The summed E-state index contributed by atoms with van der Waals surface area (Å²) in [6.07, 6.45) is 0. The molecule has 0 aromatic heterocycles. The zero-order valence-electron chi connectivity index (χ0n) is 11.4. The molecule has 0 bridgehead atoms. The SMILES string of the molecule is CCNC(CSC(C)(C)C)c1cc(F)ccc1Cl. The van der Waals surface area contributed by atoms with Crippen molar-refractivity contribution in [3.05, 3.63) is 34.6 Å². The van der Waals surface area contributed by atoms with Gasteiger partial charge in [-0.25, -0.2) is 4.39 Å². The van der Waals surface area contributed by atoms with Crippen molar-refractivity contribution >= 4 is 23.4 Å². The zero-order valence-corrected chi connectivity index (χ0v) is 13.0. The molecule has 0 aliphatic heterocycles. The third kappa shape index (κ3) is 5.17. The van der Waals surface area contributed by atoms with E-state index in [1.807, 2.05) is 18.7 Å². The fraction of sp³-hybridized carbons (Fsp3) is 0.571. The van der Waals surface area contributed by atoms with Crippen LogP contribution in [0.2, 0.25) is 5.02 Å². The molecule has 0 amide bonds. The van der Waals surface area contributed by atoms with E-state index in [4.69, 9.17) is 11.6 Å². The van der Waals surface area contributed by atoms with E-state index < -0.39 is 0 Å². The molecule has 102 valence electrons. The Morgan fingerprint density at radius 3 is 2.61 bits per heavy atom. The van der Waals surface area contributed by atoms with Crippen molar-refractivity contribution in [2.45, 2.75) is 38.5 Å². The van der Waals surface area contributed by atoms with Gasteiger partial charge in [0.25, 0.3) is 0 Å². The molecule has 18 heavy (non-hydrogen) atoms. The van der Waals surface area contributed by atoms with Crippen molar-refractivity contribution in [3.63, 3.8) is 0 Å². The normalized spacial score (nSPS) is 13.7. The molecule has 0 aliphatic rings. The molecule has 0 aliphatic carbocycles. The Balaban J connectivity index is 2.86. The van der Waals surface area contributed by atoms with Gasteiger partial charge in [0.15, 0.2) is 0 Å². The molecule has 4 heteroatoms. The lowest BCUT2D eigenvalue weighted by Gasteiger charge is -2.24. The highest BCUT2D eigenvalue weighted by Gasteiger charge is 2.19. The zero-order chi connectivity index (χ0) is 13.8. The summed E-state index contributed by atoms with van der Waals surface area (Å²) in [5, 5.41) is 3.99. The molecular weight excluding hydrogens is 269 g/mol. The van der Waals surface area contributed by atoms with Crippen molar-refractivity contribution in [2.24, 2.45) is 0 Å². The van der Waals surface area contributed by atoms with Gasteiger partial charge in [0.1, 0.15) is 5.82 Å². The van der Waals surface area contributed by atoms with Gasteiger partial charge in [-0.2, -0.15) is 11.8 Å². The molecule has 0 spiro atoms. The smallest absolute Gasteiger partial charge is 0.123 e. The molecule has 1 aromatic carbocycles. The summed E-state index contributed by atoms with van der Waals surface area (Å²) >= 11 is 8.01. The number of halogens is 2. The lowest BCUT2D eigenvalue weighted by Crippen LogP contribution is -2.25. The topological polar surface area (TPSA) is 12.0 Å². The van der Waals surface area contributed by atoms with E-state index in [0.29, 0.717) is 5.02 Å². The number of nitrogens with one attached hydrogen (secondary N) is 1. The Morgan fingerprint density at radius 1 is 1.39 bits per heavy atom. The van der Waals surface area contributed by atoms with Crippen LogP contribution < -0.4 is 5.32 Å². The predicted octanol–water partition coefficient (Wildman–Crippen LogP) is 4.66. The van der Waals surface area contributed by atoms with E-state index in [-0.39, 0.29) is 16.6 Å². The highest BCUT2D eigenvalue weighted by atomic mass is 35.5. The maximum Gasteiger partial charge on any atom is 0.123 e. The van der Waals surface area contributed by atoms with Gasteiger partial charge in [-0.15, -0.1) is 0 Å². The van der Waals surface area contributed by atoms with Crippen molar-refractivity contribution in [1.82, 2.24) is 5.32 Å². The van der Waals surface area contributed by atoms with Crippen molar-refractivity contribution < 1.29 is 4.39 Å². The molecule has 1 nitrogen and oxygen atoms in total. The first kappa shape index (κ1) is 15.8. The standard InChI is InChI=1S/C14H21ClFNS/c1-5-17-13(9-18-14(2,3)4)11-8-10(16)6-7-12(11)15/h6-8,13,17H,5,9H2,1-4H3. The van der Waals surface area contributed by atoms with E-state index in [1.165, 1.54) is 12.1 Å². The molecule has 0 fully saturated rings. The summed E-state index contributed by atoms with van der Waals surface area (Å²) in [7, 11) is 0. The average Bonchev–Trinajstić information content (AvgIpc) is 2.26. The first-order chi connectivity index (χ1) is 8.33. The minimum atomic E-state index is -0.238. The van der Waals surface area contributed by atoms with Gasteiger partial charge < -0.3 is 5.32 Å². The fourth-order valence-corrected chi connectivity index (χ4v) is 2.83. The number of hydrogen-bond donors (Lipinski definition) is 1. The highest BCUT2D eigenvalue weighted by Crippen LogP contribution is 2.31. The van der Waals surface area contributed by atoms with Crippen LogP contribution in [0, 0.1) is 5.82 Å². The van der Waals surface area contributed by atoms with Crippen LogP contribution in [0.4, 0.5) is 4.39 Å². The van der Waals surface area contributed by atoms with Crippen LogP contribution in [0.3, 0.4) is 0 Å². The van der Waals surface area contributed by atoms with Gasteiger partial charge in [0.05, 0.1) is 0 Å². The van der Waals surface area contributed by atoms with Crippen LogP contribution in [0.15, 0.2) is 18.2 Å². The van der Waals surface area contributed by atoms with Crippen molar-refractivity contribution in [1.29, 1.82) is 0 Å². The van der Waals surface area contributed by atoms with E-state index in [2.05, 4.69) is 26.1 Å². The third-order valence-electron chi connectivity index (χ3n) is 2.47. The number of thioether (sulfide) groups is 1. The summed E-state index contributed by atoms with van der Waals surface area (Å²) in [4.78, 5) is 0. The Kier molecular flexibility index (Phi) is 5.96. The summed E-state index contributed by atoms with van der Waals surface area (Å²) < 4.78 is 13.5. The Hall–Kier alpha value is -0.250. The van der Waals surface area contributed by atoms with E-state index >= 15 is 0 Å². The predicted molar refractivity (Wildman–Crippen MR) is 80.0 cm³/mol. The third-order valence-corrected chi connectivity index (χ3v) is 4.18. The van der Waals surface area contributed by atoms with E-state index in [1.54, 1.807) is 6.07 Å². The Bertz CT molecular complexity index is 390. The lowest BCUT2D eigenvalue weighted by atomic mass is 10.1. The van der Waals surface area contributed by atoms with Crippen LogP contribution in [0.5, 0.6) is 0 Å². The summed E-state index contributed by atoms with van der Waals surface area (Å²) in [6.45, 7) is 9.40. The second kappa shape index (κ2) is 6.78. The van der Waals surface area contributed by atoms with Crippen LogP contribution in [-0.2, 0) is 0 Å². The average molecular weight is 290 g/mol. The van der Waals surface area contributed by atoms with E-state index in [9.17, 15) is 4.39 Å². The maximum absolute atomic E-state index is 13.3. The highest BCUT2D eigenvalue weighted by molar-refractivity contribution is 8.00. The molecule has 1 atom stereocenters. The van der Waals surface area contributed by atoms with Gasteiger partial charge in [-0.05, 0) is 30.3 Å². The summed E-state index contributed by atoms with van der Waals surface area (Å²) in [5.41, 5.74) is 0.843. The summed E-state index contributed by atoms with van der Waals surface area (Å²) in [5.74, 6) is 0.638. The number of benzene rings is 1. The molecule has 0 saturated heterocycles. The van der Waals surface area contributed by atoms with Crippen LogP contribution in [-0.4, -0.2) is 17.0 Å². The van der Waals surface area contributed by atoms with Gasteiger partial charge in [0, 0.05) is 21.6 Å². The molecule has 1 rings (SSSR count). The monoisotopic (exact) mass is 289 g/mol. The van der Waals surface area contributed by atoms with Crippen LogP contribution in [0.25, 0.3) is 0 Å². The van der Waals surface area contributed by atoms with Crippen LogP contribution in [0.1, 0.15) is 39.3 Å². The number of hydrogen-bond acceptors (Lipinski definition) is 2. The molecule has 1 unspecified atom stereocenters. The molecule has 0 saturated carbocycles. The van der Waals surface area contributed by atoms with Gasteiger partial charge >= 0.3 is 0 Å². The van der Waals surface area contributed by atoms with Gasteiger partial charge in [-0.3, -0.25) is 0 Å². The second-order valence-corrected chi connectivity index (χ2v) is 7.45. The first-order valence-corrected chi connectivity index (χ1v) is 7.52. The minimum Gasteiger partial charge on any atom is -0.309 e. The van der Waals surface area contributed by atoms with Gasteiger partial charge in [-0.1, -0.05) is 39.3 Å². The quantitative estimate of drug-likeness (QED) is 0.846. The largest absolute Gasteiger partial charge is 0.309 e. The summed E-state index contributed by atoms with van der Waals surface area (Å²) in [6, 6.07) is 4.63. The molecule has 1 N–H and O–H groups in total. The lowest BCUT2D eigenvalue weighted by molar-refractivity contribution is 0.587. The molecular formula is C14H21ClFNS. The molecule has 0 radical (unpaired) electrons. The fourth-order valence-electron chi connectivity index (χ4n) is 1.62. The molecule has 0 heterocycles. The number of rotatable bonds is 5. The Morgan fingerprint density at radius 2 is 2.06 bits per heavy atom. The van der Waals surface area contributed by atoms with Gasteiger partial charge in [0.2, 0.25) is 0 Å². The van der Waals surface area contributed by atoms with Crippen molar-refractivity contribution in [3.8, 4) is 0 Å². The second-order valence-electron chi connectivity index (χ2n) is 5.20. The first-order valence-electron chi connectivity index (χ1n) is 6.16. The Labute approximate surface area is 118 Å². The van der Waals surface area contributed by atoms with E-state index in [0.717, 1.165) is 17.9 Å². The molecule has 1 aromatic rings. The minimum absolute atomic E-state index is 0.0856. The van der Waals surface area contributed by atoms with Crippen molar-refractivity contribution in [2.75, 3.05) is 12.3 Å².